The molecule has 2 aliphatic rings. The van der Waals surface area contributed by atoms with E-state index in [1.807, 2.05) is 6.07 Å². The van der Waals surface area contributed by atoms with Crippen molar-refractivity contribution in [3.63, 3.8) is 0 Å². The summed E-state index contributed by atoms with van der Waals surface area (Å²) in [7, 11) is -3.06. The minimum atomic E-state index is -3.06. The van der Waals surface area contributed by atoms with Gasteiger partial charge in [0.15, 0.2) is 0 Å². The average Bonchev–Trinajstić information content (AvgIpc) is 3.43. The third-order valence-corrected chi connectivity index (χ3v) is 8.15. The summed E-state index contributed by atoms with van der Waals surface area (Å²) in [5.74, 6) is -0.926. The van der Waals surface area contributed by atoms with Gasteiger partial charge in [-0.1, -0.05) is 6.07 Å². The first-order chi connectivity index (χ1) is 18.0. The molecule has 3 atom stereocenters. The maximum absolute atomic E-state index is 14.7. The summed E-state index contributed by atoms with van der Waals surface area (Å²) in [4.78, 5) is 24.4. The van der Waals surface area contributed by atoms with Crippen molar-refractivity contribution >= 4 is 15.8 Å². The van der Waals surface area contributed by atoms with Crippen LogP contribution in [-0.2, 0) is 27.7 Å². The van der Waals surface area contributed by atoms with Crippen molar-refractivity contribution in [1.82, 2.24) is 15.0 Å². The van der Waals surface area contributed by atoms with E-state index in [9.17, 15) is 22.7 Å². The maximum Gasteiger partial charge on any atom is 0.316 e. The lowest BCUT2D eigenvalue weighted by Crippen LogP contribution is -2.10. The molecule has 3 unspecified atom stereocenters. The van der Waals surface area contributed by atoms with Gasteiger partial charge in [-0.2, -0.15) is 9.97 Å². The zero-order chi connectivity index (χ0) is 27.2. The summed E-state index contributed by atoms with van der Waals surface area (Å²) in [5.41, 5.74) is 5.12. The van der Waals surface area contributed by atoms with E-state index in [1.165, 1.54) is 12.3 Å². The molecule has 5 rings (SSSR count). The number of aryl methyl sites for hydroxylation is 2. The van der Waals surface area contributed by atoms with Gasteiger partial charge in [0.2, 0.25) is 5.88 Å². The normalized spacial score (nSPS) is 19.5. The number of hydrogen-bond acceptors (Lipinski definition) is 8. The Morgan fingerprint density at radius 2 is 1.89 bits per heavy atom. The second-order valence-corrected chi connectivity index (χ2v) is 12.2. The Morgan fingerprint density at radius 1 is 1.16 bits per heavy atom. The van der Waals surface area contributed by atoms with Gasteiger partial charge in [-0.3, -0.25) is 4.79 Å². The summed E-state index contributed by atoms with van der Waals surface area (Å²) in [6.07, 6.45) is 3.89. The highest BCUT2D eigenvalue weighted by Gasteiger charge is 2.59. The molecule has 0 aliphatic heterocycles. The van der Waals surface area contributed by atoms with Crippen LogP contribution in [0.4, 0.5) is 4.39 Å². The number of hydrogen-bond donors (Lipinski definition) is 1. The van der Waals surface area contributed by atoms with Crippen LogP contribution in [0.25, 0.3) is 11.1 Å². The van der Waals surface area contributed by atoms with Crippen LogP contribution < -0.4 is 9.47 Å². The van der Waals surface area contributed by atoms with Crippen LogP contribution in [0.15, 0.2) is 30.5 Å². The Morgan fingerprint density at radius 3 is 2.58 bits per heavy atom. The predicted octanol–water partition coefficient (Wildman–Crippen LogP) is 3.66. The SMILES string of the molecule is Cc1nc(OCCCS(C)(=O)=O)nc(C)c1-c1ccc(F)c(COc2cc3c(cn2)C2C(C3)C2C(=O)O)c1. The van der Waals surface area contributed by atoms with Gasteiger partial charge in [0, 0.05) is 35.6 Å². The summed E-state index contributed by atoms with van der Waals surface area (Å²) in [5, 5.41) is 9.28. The lowest BCUT2D eigenvalue weighted by molar-refractivity contribution is -0.139. The Bertz CT molecular complexity index is 1500. The van der Waals surface area contributed by atoms with Crippen LogP contribution in [0, 0.1) is 31.5 Å². The lowest BCUT2D eigenvalue weighted by atomic mass is 10.0. The molecule has 1 N–H and O–H groups in total. The van der Waals surface area contributed by atoms with E-state index in [-0.39, 0.29) is 42.7 Å². The standard InChI is InChI=1S/C27H28FN3O6S/c1-14-23(15(2)31-27(30-14)36-7-4-8-38(3,34)35)16-5-6-21(28)18(9-16)13-37-22-11-17-10-19-24(20(17)12-29-22)25(19)26(32)33/h5-6,9,11-12,19,24-25H,4,7-8,10,13H2,1-3H3,(H,32,33). The number of aliphatic carboxylic acids is 1. The molecule has 11 heteroatoms. The molecule has 1 aromatic carbocycles. The van der Waals surface area contributed by atoms with E-state index in [0.29, 0.717) is 35.7 Å². The number of carboxylic acids is 1. The van der Waals surface area contributed by atoms with E-state index in [4.69, 9.17) is 9.47 Å². The first-order valence-electron chi connectivity index (χ1n) is 12.3. The van der Waals surface area contributed by atoms with Crippen LogP contribution in [0.3, 0.4) is 0 Å². The van der Waals surface area contributed by atoms with E-state index in [1.54, 1.807) is 32.2 Å². The smallest absolute Gasteiger partial charge is 0.316 e. The van der Waals surface area contributed by atoms with Crippen molar-refractivity contribution in [2.24, 2.45) is 11.8 Å². The third-order valence-electron chi connectivity index (χ3n) is 7.12. The fourth-order valence-electron chi connectivity index (χ4n) is 5.33. The second-order valence-electron chi connectivity index (χ2n) is 9.96. The number of benzene rings is 1. The van der Waals surface area contributed by atoms with Gasteiger partial charge in [-0.15, -0.1) is 0 Å². The van der Waals surface area contributed by atoms with Crippen molar-refractivity contribution in [2.75, 3.05) is 18.6 Å². The average molecular weight is 542 g/mol. The highest BCUT2D eigenvalue weighted by Crippen LogP contribution is 2.61. The number of rotatable bonds is 10. The molecule has 2 aliphatic carbocycles. The molecule has 200 valence electrons. The maximum atomic E-state index is 14.7. The van der Waals surface area contributed by atoms with E-state index >= 15 is 0 Å². The van der Waals surface area contributed by atoms with E-state index in [2.05, 4.69) is 15.0 Å². The molecule has 0 saturated heterocycles. The Labute approximate surface area is 220 Å². The highest BCUT2D eigenvalue weighted by atomic mass is 32.2. The minimum absolute atomic E-state index is 0.0245. The predicted molar refractivity (Wildman–Crippen MR) is 136 cm³/mol. The molecule has 38 heavy (non-hydrogen) atoms. The summed E-state index contributed by atoms with van der Waals surface area (Å²) >= 11 is 0. The van der Waals surface area contributed by atoms with E-state index < -0.39 is 21.6 Å². The van der Waals surface area contributed by atoms with Crippen molar-refractivity contribution < 1.29 is 32.2 Å². The van der Waals surface area contributed by atoms with Gasteiger partial charge < -0.3 is 14.6 Å². The fraction of sp³-hybridized carbons (Fsp3) is 0.407. The summed E-state index contributed by atoms with van der Waals surface area (Å²) < 4.78 is 48.6. The molecule has 1 fully saturated rings. The number of aromatic nitrogens is 3. The molecule has 0 spiro atoms. The van der Waals surface area contributed by atoms with Gasteiger partial charge >= 0.3 is 12.0 Å². The number of fused-ring (bicyclic) bond motifs is 3. The lowest BCUT2D eigenvalue weighted by Gasteiger charge is -2.14. The molecule has 0 amide bonds. The number of nitrogens with zero attached hydrogens (tertiary/aromatic N) is 3. The monoisotopic (exact) mass is 541 g/mol. The molecule has 0 radical (unpaired) electrons. The van der Waals surface area contributed by atoms with Crippen molar-refractivity contribution in [3.8, 4) is 23.0 Å². The largest absolute Gasteiger partial charge is 0.481 e. The number of sulfone groups is 1. The molecule has 9 nitrogen and oxygen atoms in total. The molecule has 2 aromatic heterocycles. The van der Waals surface area contributed by atoms with Crippen LogP contribution in [0.1, 0.15) is 40.4 Å². The van der Waals surface area contributed by atoms with Crippen LogP contribution in [-0.4, -0.2) is 53.1 Å². The number of carbonyl (C=O) groups is 1. The van der Waals surface area contributed by atoms with Crippen molar-refractivity contribution in [2.45, 2.75) is 39.2 Å². The molecular weight excluding hydrogens is 513 g/mol. The molecular formula is C27H28FN3O6S. The molecule has 2 heterocycles. The molecule has 3 aromatic rings. The summed E-state index contributed by atoms with van der Waals surface area (Å²) in [6.45, 7) is 3.76. The third kappa shape index (κ3) is 5.33. The number of pyridine rings is 1. The zero-order valence-electron chi connectivity index (χ0n) is 21.3. The molecule has 0 bridgehead atoms. The second kappa shape index (κ2) is 9.94. The number of carboxylic acid groups (broad SMARTS) is 1. The summed E-state index contributed by atoms with van der Waals surface area (Å²) in [6, 6.07) is 6.71. The first kappa shape index (κ1) is 26.0. The van der Waals surface area contributed by atoms with Gasteiger partial charge in [0.25, 0.3) is 0 Å². The van der Waals surface area contributed by atoms with Crippen LogP contribution in [0.5, 0.6) is 11.9 Å². The number of ether oxygens (including phenoxy) is 2. The Balaban J connectivity index is 1.27. The van der Waals surface area contributed by atoms with E-state index in [0.717, 1.165) is 22.3 Å². The van der Waals surface area contributed by atoms with Gasteiger partial charge in [-0.25, -0.2) is 17.8 Å². The van der Waals surface area contributed by atoms with Gasteiger partial charge in [-0.05, 0) is 61.4 Å². The molecule has 1 saturated carbocycles. The van der Waals surface area contributed by atoms with Crippen molar-refractivity contribution in [1.29, 1.82) is 0 Å². The minimum Gasteiger partial charge on any atom is -0.481 e. The van der Waals surface area contributed by atoms with Crippen LogP contribution >= 0.6 is 0 Å². The van der Waals surface area contributed by atoms with Crippen LogP contribution in [0.2, 0.25) is 0 Å². The van der Waals surface area contributed by atoms with Gasteiger partial charge in [0.05, 0.1) is 29.7 Å². The van der Waals surface area contributed by atoms with Crippen molar-refractivity contribution in [3.05, 3.63) is 64.4 Å². The number of halogens is 1. The first-order valence-corrected chi connectivity index (χ1v) is 14.4. The zero-order valence-corrected chi connectivity index (χ0v) is 22.1. The Hall–Kier alpha value is -3.60. The van der Waals surface area contributed by atoms with Gasteiger partial charge in [0.1, 0.15) is 22.3 Å². The quantitative estimate of drug-likeness (QED) is 0.382. The highest BCUT2D eigenvalue weighted by molar-refractivity contribution is 7.90. The fourth-order valence-corrected chi connectivity index (χ4v) is 5.97. The topological polar surface area (TPSA) is 129 Å². The Kier molecular flexibility index (Phi) is 6.81.